The van der Waals surface area contributed by atoms with Gasteiger partial charge in [-0.05, 0) is 48.0 Å². The van der Waals surface area contributed by atoms with Gasteiger partial charge in [0.1, 0.15) is 6.10 Å². The molecule has 3 rings (SSSR count). The Kier molecular flexibility index (Phi) is 8.44. The van der Waals surface area contributed by atoms with Crippen LogP contribution in [-0.4, -0.2) is 30.1 Å². The van der Waals surface area contributed by atoms with Gasteiger partial charge in [0.15, 0.2) is 11.5 Å². The first-order chi connectivity index (χ1) is 16.9. The highest BCUT2D eigenvalue weighted by molar-refractivity contribution is 6.03. The van der Waals surface area contributed by atoms with E-state index in [1.165, 1.54) is 31.4 Å². The average molecular weight is 476 g/mol. The fraction of sp³-hybridized carbons (Fsp3) is 0.115. The Morgan fingerprint density at radius 2 is 1.74 bits per heavy atom. The molecule has 5 N–H and O–H groups in total. The quantitative estimate of drug-likeness (QED) is 0.283. The van der Waals surface area contributed by atoms with Gasteiger partial charge in [-0.3, -0.25) is 14.9 Å². The fourth-order valence-corrected chi connectivity index (χ4v) is 3.16. The molecule has 0 spiro atoms. The van der Waals surface area contributed by atoms with E-state index in [2.05, 4.69) is 10.6 Å². The number of rotatable bonds is 8. The Bertz CT molecular complexity index is 1230. The molecule has 3 aromatic carbocycles. The van der Waals surface area contributed by atoms with Gasteiger partial charge in [-0.25, -0.2) is 4.79 Å². The van der Waals surface area contributed by atoms with Gasteiger partial charge in [0.25, 0.3) is 5.91 Å². The van der Waals surface area contributed by atoms with Crippen molar-refractivity contribution in [3.8, 4) is 11.5 Å². The Hall–Kier alpha value is -4.79. The summed E-state index contributed by atoms with van der Waals surface area (Å²) in [6.45, 7) is 0. The van der Waals surface area contributed by atoms with E-state index in [1.807, 2.05) is 0 Å². The summed E-state index contributed by atoms with van der Waals surface area (Å²) in [5.41, 5.74) is 7.44. The second-order valence-electron chi connectivity index (χ2n) is 7.36. The van der Waals surface area contributed by atoms with Crippen molar-refractivity contribution in [1.29, 1.82) is 0 Å². The number of aromatic hydroxyl groups is 1. The first kappa shape index (κ1) is 24.8. The molecular formula is C26H25N3O6. The number of methoxy groups -OCH3 is 1. The lowest BCUT2D eigenvalue weighted by molar-refractivity contribution is -0.111. The van der Waals surface area contributed by atoms with E-state index >= 15 is 0 Å². The summed E-state index contributed by atoms with van der Waals surface area (Å²) in [4.78, 5) is 37.0. The lowest BCUT2D eigenvalue weighted by atomic mass is 10.1. The van der Waals surface area contributed by atoms with Crippen molar-refractivity contribution in [3.05, 3.63) is 96.1 Å². The first-order valence-electron chi connectivity index (χ1n) is 10.6. The molecular weight excluding hydrogens is 450 g/mol. The predicted octanol–water partition coefficient (Wildman–Crippen LogP) is 4.18. The highest BCUT2D eigenvalue weighted by Gasteiger charge is 2.20. The Labute approximate surface area is 202 Å². The lowest BCUT2D eigenvalue weighted by Crippen LogP contribution is -2.32. The highest BCUT2D eigenvalue weighted by atomic mass is 16.6. The van der Waals surface area contributed by atoms with Crippen LogP contribution >= 0.6 is 0 Å². The number of nitrogen functional groups attached to an aromatic ring is 1. The molecule has 0 bridgehead atoms. The number of hydrogen-bond acceptors (Lipinski definition) is 7. The number of imide groups is 1. The van der Waals surface area contributed by atoms with Gasteiger partial charge in [0.2, 0.25) is 5.91 Å². The van der Waals surface area contributed by atoms with E-state index in [4.69, 9.17) is 15.2 Å². The topological polar surface area (TPSA) is 140 Å². The van der Waals surface area contributed by atoms with Crippen LogP contribution in [0, 0.1) is 0 Å². The van der Waals surface area contributed by atoms with E-state index in [0.717, 1.165) is 0 Å². The van der Waals surface area contributed by atoms with Crippen molar-refractivity contribution in [2.24, 2.45) is 0 Å². The van der Waals surface area contributed by atoms with E-state index < -0.39 is 24.0 Å². The van der Waals surface area contributed by atoms with Crippen LogP contribution in [0.5, 0.6) is 11.5 Å². The van der Waals surface area contributed by atoms with Crippen molar-refractivity contribution >= 4 is 29.3 Å². The molecule has 3 aromatic rings. The molecule has 35 heavy (non-hydrogen) atoms. The van der Waals surface area contributed by atoms with Crippen molar-refractivity contribution < 1.29 is 29.0 Å². The van der Waals surface area contributed by atoms with Gasteiger partial charge >= 0.3 is 6.09 Å². The molecule has 9 heteroatoms. The summed E-state index contributed by atoms with van der Waals surface area (Å²) in [6, 6.07) is 19.5. The number of alkyl carbamates (subject to hydrolysis) is 1. The Morgan fingerprint density at radius 3 is 2.43 bits per heavy atom. The van der Waals surface area contributed by atoms with Crippen LogP contribution < -0.4 is 21.1 Å². The van der Waals surface area contributed by atoms with Crippen molar-refractivity contribution in [3.63, 3.8) is 0 Å². The normalized spacial score (nSPS) is 11.5. The van der Waals surface area contributed by atoms with Crippen LogP contribution in [0.25, 0.3) is 0 Å². The van der Waals surface area contributed by atoms with Crippen molar-refractivity contribution in [2.75, 3.05) is 18.2 Å². The maximum atomic E-state index is 12.4. The monoisotopic (exact) mass is 475 g/mol. The molecule has 3 amide bonds. The van der Waals surface area contributed by atoms with Gasteiger partial charge in [-0.1, -0.05) is 42.5 Å². The zero-order chi connectivity index (χ0) is 25.2. The Balaban J connectivity index is 1.71. The molecule has 0 heterocycles. The second kappa shape index (κ2) is 11.9. The average Bonchev–Trinajstić information content (AvgIpc) is 2.85. The summed E-state index contributed by atoms with van der Waals surface area (Å²) in [6.07, 6.45) is 0.970. The van der Waals surface area contributed by atoms with E-state index in [1.54, 1.807) is 60.7 Å². The third-order valence-corrected chi connectivity index (χ3v) is 4.91. The minimum atomic E-state index is -0.978. The van der Waals surface area contributed by atoms with Gasteiger partial charge < -0.3 is 25.6 Å². The number of phenols is 1. The molecule has 0 aliphatic rings. The standard InChI is InChI=1S/C26H25N3O6/c1-34-23-15-14-18(16-21(23)30)22(35-26(33)29-25(32)17-8-3-2-4-9-17)12-7-13-24(31)28-20-11-6-5-10-19(20)27/h2-11,13-16,22,30H,12,27H2,1H3,(H,28,31)(H,29,32,33)/b13-7+/t22-/m1/s1. The number of carbonyl (C=O) groups excluding carboxylic acids is 3. The number of para-hydroxylation sites is 2. The third-order valence-electron chi connectivity index (χ3n) is 4.91. The predicted molar refractivity (Wildman–Crippen MR) is 131 cm³/mol. The summed E-state index contributed by atoms with van der Waals surface area (Å²) in [5.74, 6) is -0.961. The van der Waals surface area contributed by atoms with Gasteiger partial charge in [-0.15, -0.1) is 0 Å². The van der Waals surface area contributed by atoms with Crippen LogP contribution in [-0.2, 0) is 9.53 Å². The largest absolute Gasteiger partial charge is 0.504 e. The number of carbonyl (C=O) groups is 3. The van der Waals surface area contributed by atoms with E-state index in [0.29, 0.717) is 22.5 Å². The molecule has 1 atom stereocenters. The molecule has 0 aliphatic carbocycles. The third kappa shape index (κ3) is 7.10. The molecule has 0 unspecified atom stereocenters. The SMILES string of the molecule is COc1ccc([C@@H](C/C=C/C(=O)Nc2ccccc2N)OC(=O)NC(=O)c2ccccc2)cc1O. The smallest absolute Gasteiger partial charge is 0.414 e. The van der Waals surface area contributed by atoms with Crippen LogP contribution in [0.2, 0.25) is 0 Å². The summed E-state index contributed by atoms with van der Waals surface area (Å²) in [5, 5.41) is 15.0. The Morgan fingerprint density at radius 1 is 1.03 bits per heavy atom. The van der Waals surface area contributed by atoms with Crippen molar-refractivity contribution in [2.45, 2.75) is 12.5 Å². The molecule has 0 radical (unpaired) electrons. The zero-order valence-electron chi connectivity index (χ0n) is 18.9. The number of anilines is 2. The number of amides is 3. The zero-order valence-corrected chi connectivity index (χ0v) is 18.9. The van der Waals surface area contributed by atoms with Crippen molar-refractivity contribution in [1.82, 2.24) is 5.32 Å². The molecule has 0 fully saturated rings. The second-order valence-corrected chi connectivity index (χ2v) is 7.36. The van der Waals surface area contributed by atoms with Crippen LogP contribution in [0.4, 0.5) is 16.2 Å². The first-order valence-corrected chi connectivity index (χ1v) is 10.6. The lowest BCUT2D eigenvalue weighted by Gasteiger charge is -2.18. The summed E-state index contributed by atoms with van der Waals surface area (Å²) in [7, 11) is 1.41. The number of nitrogens with two attached hydrogens (primary N) is 1. The number of nitrogens with one attached hydrogen (secondary N) is 2. The van der Waals surface area contributed by atoms with E-state index in [-0.39, 0.29) is 17.9 Å². The molecule has 0 aromatic heterocycles. The number of phenolic OH excluding ortho intramolecular Hbond substituents is 1. The summed E-state index contributed by atoms with van der Waals surface area (Å²) < 4.78 is 10.5. The number of hydrogen-bond donors (Lipinski definition) is 4. The van der Waals surface area contributed by atoms with E-state index in [9.17, 15) is 19.5 Å². The molecule has 9 nitrogen and oxygen atoms in total. The molecule has 0 saturated heterocycles. The van der Waals surface area contributed by atoms with Crippen LogP contribution in [0.1, 0.15) is 28.4 Å². The molecule has 180 valence electrons. The maximum absolute atomic E-state index is 12.4. The minimum absolute atomic E-state index is 0.0798. The molecule has 0 saturated carbocycles. The van der Waals surface area contributed by atoms with Gasteiger partial charge in [0.05, 0.1) is 18.5 Å². The highest BCUT2D eigenvalue weighted by Crippen LogP contribution is 2.31. The number of benzene rings is 3. The van der Waals surface area contributed by atoms with Crippen LogP contribution in [0.3, 0.4) is 0 Å². The maximum Gasteiger partial charge on any atom is 0.414 e. The fourth-order valence-electron chi connectivity index (χ4n) is 3.16. The van der Waals surface area contributed by atoms with Gasteiger partial charge in [0, 0.05) is 12.0 Å². The van der Waals surface area contributed by atoms with Gasteiger partial charge in [-0.2, -0.15) is 0 Å². The van der Waals surface area contributed by atoms with Crippen LogP contribution in [0.15, 0.2) is 84.9 Å². The number of ether oxygens (including phenoxy) is 2. The summed E-state index contributed by atoms with van der Waals surface area (Å²) >= 11 is 0. The molecule has 0 aliphatic heterocycles. The minimum Gasteiger partial charge on any atom is -0.504 e.